The first-order valence-corrected chi connectivity index (χ1v) is 12.7. The van der Waals surface area contributed by atoms with Gasteiger partial charge in [0.05, 0.1) is 12.8 Å². The number of nitrogens with zero attached hydrogens (tertiary/aromatic N) is 5. The highest BCUT2D eigenvalue weighted by Gasteiger charge is 2.29. The van der Waals surface area contributed by atoms with E-state index in [4.69, 9.17) is 23.2 Å². The molecule has 30 heavy (non-hydrogen) atoms. The molecule has 160 valence electrons. The normalized spacial score (nSPS) is 17.9. The summed E-state index contributed by atoms with van der Waals surface area (Å²) in [4.78, 5) is 0. The molecular weight excluding hydrogens is 467 g/mol. The Hall–Kier alpha value is -1.72. The number of benzene rings is 1. The van der Waals surface area contributed by atoms with E-state index in [1.807, 2.05) is 12.3 Å². The molecule has 12 heteroatoms. The Labute approximate surface area is 188 Å². The fourth-order valence-corrected chi connectivity index (χ4v) is 5.67. The van der Waals surface area contributed by atoms with Gasteiger partial charge in [0.15, 0.2) is 5.82 Å². The minimum Gasteiger partial charge on any atom is -0.313 e. The van der Waals surface area contributed by atoms with Gasteiger partial charge in [0.1, 0.15) is 5.01 Å². The Balaban J connectivity index is 1.42. The van der Waals surface area contributed by atoms with Gasteiger partial charge in [0.25, 0.3) is 0 Å². The van der Waals surface area contributed by atoms with E-state index in [9.17, 15) is 8.42 Å². The molecule has 0 radical (unpaired) electrons. The minimum atomic E-state index is -3.20. The summed E-state index contributed by atoms with van der Waals surface area (Å²) in [7, 11) is -3.20. The molecule has 4 rings (SSSR count). The quantitative estimate of drug-likeness (QED) is 0.566. The van der Waals surface area contributed by atoms with Crippen LogP contribution < -0.4 is 5.32 Å². The summed E-state index contributed by atoms with van der Waals surface area (Å²) in [5.41, 5.74) is 0.807. The minimum absolute atomic E-state index is 0.0569. The molecule has 1 N–H and O–H groups in total. The van der Waals surface area contributed by atoms with Crippen molar-refractivity contribution in [3.8, 4) is 0 Å². The predicted molar refractivity (Wildman–Crippen MR) is 119 cm³/mol. The Bertz CT molecular complexity index is 1130. The van der Waals surface area contributed by atoms with Crippen LogP contribution in [0.4, 0.5) is 10.9 Å². The highest BCUT2D eigenvalue weighted by Crippen LogP contribution is 2.32. The molecule has 8 nitrogen and oxygen atoms in total. The maximum atomic E-state index is 11.8. The van der Waals surface area contributed by atoms with E-state index in [-0.39, 0.29) is 5.92 Å². The van der Waals surface area contributed by atoms with Gasteiger partial charge in [0.2, 0.25) is 15.2 Å². The van der Waals surface area contributed by atoms with Gasteiger partial charge in [-0.1, -0.05) is 40.6 Å². The monoisotopic (exact) mass is 486 g/mol. The average Bonchev–Trinajstić information content (AvgIpc) is 3.34. The molecule has 3 heterocycles. The van der Waals surface area contributed by atoms with Gasteiger partial charge < -0.3 is 5.32 Å². The fourth-order valence-electron chi connectivity index (χ4n) is 3.37. The van der Waals surface area contributed by atoms with Crippen LogP contribution in [0.25, 0.3) is 0 Å². The predicted octanol–water partition coefficient (Wildman–Crippen LogP) is 3.97. The lowest BCUT2D eigenvalue weighted by molar-refractivity contribution is 0.316. The smallest absolute Gasteiger partial charge is 0.211 e. The number of hydrogen-bond acceptors (Lipinski definition) is 7. The van der Waals surface area contributed by atoms with Crippen LogP contribution >= 0.6 is 34.5 Å². The van der Waals surface area contributed by atoms with Crippen molar-refractivity contribution in [3.63, 3.8) is 0 Å². The number of halogens is 2. The molecule has 0 spiro atoms. The first-order valence-electron chi connectivity index (χ1n) is 9.31. The second-order valence-corrected chi connectivity index (χ2v) is 10.9. The van der Waals surface area contributed by atoms with Crippen LogP contribution in [0.2, 0.25) is 10.0 Å². The molecule has 3 aromatic rings. The average molecular weight is 487 g/mol. The number of sulfonamides is 1. The van der Waals surface area contributed by atoms with Crippen molar-refractivity contribution in [2.75, 3.05) is 24.7 Å². The molecule has 1 fully saturated rings. The van der Waals surface area contributed by atoms with E-state index in [1.165, 1.54) is 21.9 Å². The summed E-state index contributed by atoms with van der Waals surface area (Å²) in [6, 6.07) is 7.23. The summed E-state index contributed by atoms with van der Waals surface area (Å²) in [6.45, 7) is 1.46. The number of nitrogens with one attached hydrogen (secondary N) is 1. The Morgan fingerprint density at radius 3 is 2.73 bits per heavy atom. The van der Waals surface area contributed by atoms with E-state index in [0.717, 1.165) is 23.4 Å². The van der Waals surface area contributed by atoms with Crippen LogP contribution in [0.1, 0.15) is 29.3 Å². The lowest BCUT2D eigenvalue weighted by Gasteiger charge is -2.29. The molecule has 1 aliphatic rings. The summed E-state index contributed by atoms with van der Waals surface area (Å²) < 4.78 is 26.9. The van der Waals surface area contributed by atoms with Crippen molar-refractivity contribution in [1.82, 2.24) is 24.3 Å². The Kier molecular flexibility index (Phi) is 6.31. The third-order valence-electron chi connectivity index (χ3n) is 4.90. The Morgan fingerprint density at radius 1 is 1.23 bits per heavy atom. The molecule has 0 bridgehead atoms. The summed E-state index contributed by atoms with van der Waals surface area (Å²) in [6.07, 6.45) is 4.78. The van der Waals surface area contributed by atoms with Crippen molar-refractivity contribution in [2.24, 2.45) is 0 Å². The van der Waals surface area contributed by atoms with Gasteiger partial charge in [-0.25, -0.2) is 12.7 Å². The number of hydrogen-bond donors (Lipinski definition) is 1. The van der Waals surface area contributed by atoms with Gasteiger partial charge in [-0.2, -0.15) is 5.10 Å². The second kappa shape index (κ2) is 8.80. The summed E-state index contributed by atoms with van der Waals surface area (Å²) in [5, 5.41) is 18.7. The maximum absolute atomic E-state index is 11.8. The summed E-state index contributed by atoms with van der Waals surface area (Å²) in [5.74, 6) is 0.684. The topological polar surface area (TPSA) is 93.0 Å². The molecular formula is C18H20Cl2N6O2S2. The van der Waals surface area contributed by atoms with Crippen LogP contribution in [0, 0.1) is 0 Å². The van der Waals surface area contributed by atoms with Gasteiger partial charge in [-0.05, 0) is 25.0 Å². The maximum Gasteiger partial charge on any atom is 0.211 e. The van der Waals surface area contributed by atoms with Crippen LogP contribution in [0.3, 0.4) is 0 Å². The van der Waals surface area contributed by atoms with Gasteiger partial charge in [-0.15, -0.1) is 10.2 Å². The van der Waals surface area contributed by atoms with Crippen molar-refractivity contribution < 1.29 is 8.42 Å². The fraction of sp³-hybridized carbons (Fsp3) is 0.389. The molecule has 0 aliphatic carbocycles. The molecule has 0 amide bonds. The van der Waals surface area contributed by atoms with E-state index < -0.39 is 10.0 Å². The third kappa shape index (κ3) is 4.94. The second-order valence-electron chi connectivity index (χ2n) is 7.13. The molecule has 2 aromatic heterocycles. The van der Waals surface area contributed by atoms with Gasteiger partial charge in [-0.3, -0.25) is 4.68 Å². The van der Waals surface area contributed by atoms with Gasteiger partial charge >= 0.3 is 0 Å². The van der Waals surface area contributed by atoms with Crippen molar-refractivity contribution >= 4 is 55.5 Å². The lowest BCUT2D eigenvalue weighted by Crippen LogP contribution is -2.38. The van der Waals surface area contributed by atoms with Crippen molar-refractivity contribution in [3.05, 3.63) is 51.1 Å². The van der Waals surface area contributed by atoms with Crippen LogP contribution in [-0.4, -0.2) is 52.0 Å². The van der Waals surface area contributed by atoms with E-state index in [2.05, 4.69) is 20.6 Å². The zero-order chi connectivity index (χ0) is 21.3. The van der Waals surface area contributed by atoms with Crippen LogP contribution in [-0.2, 0) is 16.6 Å². The van der Waals surface area contributed by atoms with Crippen molar-refractivity contribution in [2.45, 2.75) is 25.3 Å². The zero-order valence-electron chi connectivity index (χ0n) is 16.1. The van der Waals surface area contributed by atoms with E-state index in [0.29, 0.717) is 40.6 Å². The Morgan fingerprint density at radius 2 is 2.00 bits per heavy atom. The first kappa shape index (κ1) is 21.5. The molecule has 0 unspecified atom stereocenters. The molecule has 1 saturated heterocycles. The van der Waals surface area contributed by atoms with E-state index >= 15 is 0 Å². The standard InChI is InChI=1S/C18H20Cl2N6O2S2/c1-30(27,28)26-8-3-4-12(10-26)17-22-23-18(29-17)21-16-7-9-25(24-16)11-13-14(19)5-2-6-15(13)20/h2,5-7,9,12H,3-4,8,10-11H2,1H3,(H,21,23,24)/t12-/m1/s1. The highest BCUT2D eigenvalue weighted by atomic mass is 35.5. The number of rotatable bonds is 6. The number of aromatic nitrogens is 4. The number of anilines is 2. The molecule has 1 aliphatic heterocycles. The van der Waals surface area contributed by atoms with Crippen LogP contribution in [0.5, 0.6) is 0 Å². The number of piperidine rings is 1. The molecule has 1 aromatic carbocycles. The molecule has 1 atom stereocenters. The highest BCUT2D eigenvalue weighted by molar-refractivity contribution is 7.88. The zero-order valence-corrected chi connectivity index (χ0v) is 19.3. The van der Waals surface area contributed by atoms with Crippen LogP contribution in [0.15, 0.2) is 30.5 Å². The molecule has 0 saturated carbocycles. The lowest BCUT2D eigenvalue weighted by atomic mass is 10.0. The largest absolute Gasteiger partial charge is 0.313 e. The van der Waals surface area contributed by atoms with E-state index in [1.54, 1.807) is 22.9 Å². The van der Waals surface area contributed by atoms with Gasteiger partial charge in [0, 0.05) is 46.9 Å². The van der Waals surface area contributed by atoms with Crippen molar-refractivity contribution in [1.29, 1.82) is 0 Å². The first-order chi connectivity index (χ1) is 14.3. The summed E-state index contributed by atoms with van der Waals surface area (Å²) >= 11 is 13.9. The SMILES string of the molecule is CS(=O)(=O)N1CCC[C@@H](c2nnc(Nc3ccn(Cc4c(Cl)cccc4Cl)n3)s2)C1. The third-order valence-corrected chi connectivity index (χ3v) is 7.88.